The summed E-state index contributed by atoms with van der Waals surface area (Å²) in [4.78, 5) is 0. The van der Waals surface area contributed by atoms with Crippen LogP contribution in [-0.2, 0) is 4.74 Å². The van der Waals surface area contributed by atoms with Gasteiger partial charge in [-0.15, -0.1) is 0 Å². The number of phenols is 1. The van der Waals surface area contributed by atoms with Crippen LogP contribution in [0.4, 0.5) is 0 Å². The summed E-state index contributed by atoms with van der Waals surface area (Å²) < 4.78 is 10.5. The third-order valence-electron chi connectivity index (χ3n) is 1.79. The van der Waals surface area contributed by atoms with E-state index in [1.54, 1.807) is 24.3 Å². The molecule has 0 saturated carbocycles. The van der Waals surface area contributed by atoms with Crippen LogP contribution in [0, 0.1) is 0 Å². The van der Waals surface area contributed by atoms with E-state index in [1.807, 2.05) is 0 Å². The fourth-order valence-corrected chi connectivity index (χ4v) is 0.957. The van der Waals surface area contributed by atoms with Crippen LogP contribution in [0.5, 0.6) is 11.5 Å². The van der Waals surface area contributed by atoms with Gasteiger partial charge in [-0.25, -0.2) is 0 Å². The summed E-state index contributed by atoms with van der Waals surface area (Å²) in [5.41, 5.74) is 0. The molecule has 0 aliphatic carbocycles. The van der Waals surface area contributed by atoms with Gasteiger partial charge >= 0.3 is 0 Å². The molecule has 78 valence electrons. The summed E-state index contributed by atoms with van der Waals surface area (Å²) >= 11 is 0. The highest BCUT2D eigenvalue weighted by Crippen LogP contribution is 2.15. The van der Waals surface area contributed by atoms with Crippen LogP contribution < -0.4 is 4.74 Å². The lowest BCUT2D eigenvalue weighted by molar-refractivity contribution is 0.0140. The zero-order valence-corrected chi connectivity index (χ0v) is 8.40. The molecule has 0 radical (unpaired) electrons. The normalized spacial score (nSPS) is 10.1. The van der Waals surface area contributed by atoms with Crippen molar-refractivity contribution in [2.24, 2.45) is 0 Å². The third-order valence-corrected chi connectivity index (χ3v) is 1.79. The largest absolute Gasteiger partial charge is 0.508 e. The van der Waals surface area contributed by atoms with Crippen LogP contribution in [0.15, 0.2) is 24.3 Å². The zero-order chi connectivity index (χ0) is 10.2. The Morgan fingerprint density at radius 3 is 2.57 bits per heavy atom. The topological polar surface area (TPSA) is 38.7 Å². The van der Waals surface area contributed by atoms with Gasteiger partial charge in [0.15, 0.2) is 6.79 Å². The molecule has 0 unspecified atom stereocenters. The molecule has 0 aliphatic rings. The van der Waals surface area contributed by atoms with Gasteiger partial charge in [-0.05, 0) is 30.7 Å². The number of hydrogen-bond acceptors (Lipinski definition) is 3. The Labute approximate surface area is 84.3 Å². The second-order valence-electron chi connectivity index (χ2n) is 3.02. The van der Waals surface area contributed by atoms with Crippen molar-refractivity contribution in [1.29, 1.82) is 0 Å². The van der Waals surface area contributed by atoms with Crippen molar-refractivity contribution in [3.05, 3.63) is 24.3 Å². The Bertz CT molecular complexity index is 243. The van der Waals surface area contributed by atoms with Gasteiger partial charge in [0.05, 0.1) is 6.61 Å². The van der Waals surface area contributed by atoms with Gasteiger partial charge in [-0.2, -0.15) is 0 Å². The first-order chi connectivity index (χ1) is 6.83. The molecule has 14 heavy (non-hydrogen) atoms. The van der Waals surface area contributed by atoms with Crippen molar-refractivity contribution in [2.45, 2.75) is 19.8 Å². The fourth-order valence-electron chi connectivity index (χ4n) is 0.957. The lowest BCUT2D eigenvalue weighted by Gasteiger charge is -2.06. The molecule has 0 heterocycles. The summed E-state index contributed by atoms with van der Waals surface area (Å²) in [6.45, 7) is 3.11. The van der Waals surface area contributed by atoms with Gasteiger partial charge in [0.25, 0.3) is 0 Å². The minimum absolute atomic E-state index is 0.240. The Hall–Kier alpha value is -1.22. The number of phenolic OH excluding ortho intramolecular Hbond substituents is 1. The second-order valence-corrected chi connectivity index (χ2v) is 3.02. The van der Waals surface area contributed by atoms with Crippen molar-refractivity contribution in [3.8, 4) is 11.5 Å². The summed E-state index contributed by atoms with van der Waals surface area (Å²) in [5, 5.41) is 9.01. The molecular formula is C11H16O3. The number of benzene rings is 1. The van der Waals surface area contributed by atoms with Gasteiger partial charge in [0, 0.05) is 0 Å². The molecular weight excluding hydrogens is 180 g/mol. The van der Waals surface area contributed by atoms with Gasteiger partial charge < -0.3 is 14.6 Å². The van der Waals surface area contributed by atoms with Gasteiger partial charge in [0.1, 0.15) is 11.5 Å². The SMILES string of the molecule is CCCCOCOc1ccc(O)cc1. The van der Waals surface area contributed by atoms with Crippen LogP contribution in [0.1, 0.15) is 19.8 Å². The minimum Gasteiger partial charge on any atom is -0.508 e. The van der Waals surface area contributed by atoms with Gasteiger partial charge in [-0.1, -0.05) is 13.3 Å². The number of aromatic hydroxyl groups is 1. The lowest BCUT2D eigenvalue weighted by atomic mass is 10.3. The van der Waals surface area contributed by atoms with E-state index in [9.17, 15) is 0 Å². The van der Waals surface area contributed by atoms with E-state index >= 15 is 0 Å². The third kappa shape index (κ3) is 4.14. The summed E-state index contributed by atoms with van der Waals surface area (Å²) in [6.07, 6.45) is 2.18. The molecule has 1 aromatic carbocycles. The summed E-state index contributed by atoms with van der Waals surface area (Å²) in [5.74, 6) is 0.948. The summed E-state index contributed by atoms with van der Waals surface area (Å²) in [7, 11) is 0. The molecule has 1 N–H and O–H groups in total. The maximum Gasteiger partial charge on any atom is 0.189 e. The molecule has 0 aromatic heterocycles. The van der Waals surface area contributed by atoms with E-state index < -0.39 is 0 Å². The number of hydrogen-bond donors (Lipinski definition) is 1. The van der Waals surface area contributed by atoms with E-state index in [4.69, 9.17) is 14.6 Å². The van der Waals surface area contributed by atoms with Crippen LogP contribution in [0.25, 0.3) is 0 Å². The molecule has 0 saturated heterocycles. The molecule has 1 rings (SSSR count). The van der Waals surface area contributed by atoms with Crippen molar-refractivity contribution in [3.63, 3.8) is 0 Å². The highest BCUT2D eigenvalue weighted by molar-refractivity contribution is 5.29. The predicted molar refractivity (Wildman–Crippen MR) is 54.5 cm³/mol. The van der Waals surface area contributed by atoms with E-state index in [0.29, 0.717) is 5.75 Å². The van der Waals surface area contributed by atoms with Crippen molar-refractivity contribution in [1.82, 2.24) is 0 Å². The standard InChI is InChI=1S/C11H16O3/c1-2-3-8-13-9-14-11-6-4-10(12)5-7-11/h4-7,12H,2-3,8-9H2,1H3. The van der Waals surface area contributed by atoms with Crippen molar-refractivity contribution >= 4 is 0 Å². The van der Waals surface area contributed by atoms with Gasteiger partial charge in [-0.3, -0.25) is 0 Å². The Kier molecular flexibility index (Phi) is 4.86. The average Bonchev–Trinajstić information content (AvgIpc) is 2.21. The molecule has 0 fully saturated rings. The van der Waals surface area contributed by atoms with Crippen LogP contribution in [0.3, 0.4) is 0 Å². The van der Waals surface area contributed by atoms with E-state index in [0.717, 1.165) is 19.4 Å². The minimum atomic E-state index is 0.240. The Morgan fingerprint density at radius 2 is 1.93 bits per heavy atom. The maximum atomic E-state index is 9.01. The molecule has 0 spiro atoms. The average molecular weight is 196 g/mol. The fraction of sp³-hybridized carbons (Fsp3) is 0.455. The number of rotatable bonds is 6. The highest BCUT2D eigenvalue weighted by Gasteiger charge is 1.93. The molecule has 0 amide bonds. The first kappa shape index (κ1) is 10.9. The number of ether oxygens (including phenoxy) is 2. The Balaban J connectivity index is 2.15. The maximum absolute atomic E-state index is 9.01. The van der Waals surface area contributed by atoms with E-state index in [1.165, 1.54) is 0 Å². The zero-order valence-electron chi connectivity index (χ0n) is 8.40. The molecule has 0 atom stereocenters. The van der Waals surface area contributed by atoms with Crippen LogP contribution in [-0.4, -0.2) is 18.5 Å². The molecule has 0 bridgehead atoms. The monoisotopic (exact) mass is 196 g/mol. The molecule has 1 aromatic rings. The van der Waals surface area contributed by atoms with Crippen molar-refractivity contribution < 1.29 is 14.6 Å². The molecule has 3 nitrogen and oxygen atoms in total. The van der Waals surface area contributed by atoms with Crippen molar-refractivity contribution in [2.75, 3.05) is 13.4 Å². The molecule has 3 heteroatoms. The Morgan fingerprint density at radius 1 is 1.21 bits per heavy atom. The predicted octanol–water partition coefficient (Wildman–Crippen LogP) is 2.55. The van der Waals surface area contributed by atoms with E-state index in [-0.39, 0.29) is 12.5 Å². The quantitative estimate of drug-likeness (QED) is 0.561. The van der Waals surface area contributed by atoms with Crippen LogP contribution in [0.2, 0.25) is 0 Å². The first-order valence-corrected chi connectivity index (χ1v) is 4.82. The van der Waals surface area contributed by atoms with Crippen LogP contribution >= 0.6 is 0 Å². The second kappa shape index (κ2) is 6.27. The van der Waals surface area contributed by atoms with Gasteiger partial charge in [0.2, 0.25) is 0 Å². The first-order valence-electron chi connectivity index (χ1n) is 4.82. The highest BCUT2D eigenvalue weighted by atomic mass is 16.7. The molecule has 0 aliphatic heterocycles. The summed E-state index contributed by atoms with van der Waals surface area (Å²) in [6, 6.07) is 6.58. The van der Waals surface area contributed by atoms with E-state index in [2.05, 4.69) is 6.92 Å². The lowest BCUT2D eigenvalue weighted by Crippen LogP contribution is -2.03. The number of unbranched alkanes of at least 4 members (excludes halogenated alkanes) is 1. The smallest absolute Gasteiger partial charge is 0.189 e.